The Bertz CT molecular complexity index is 436. The van der Waals surface area contributed by atoms with E-state index < -0.39 is 0 Å². The minimum absolute atomic E-state index is 0.336. The largest absolute Gasteiger partial charge is 0.468 e. The second-order valence-electron chi connectivity index (χ2n) is 3.22. The molecule has 0 radical (unpaired) electrons. The first-order chi connectivity index (χ1) is 7.83. The monoisotopic (exact) mass is 220 g/mol. The second-order valence-corrected chi connectivity index (χ2v) is 3.22. The Balaban J connectivity index is 2.36. The van der Waals surface area contributed by atoms with Crippen LogP contribution < -0.4 is 9.47 Å². The third-order valence-electron chi connectivity index (χ3n) is 2.25. The van der Waals surface area contributed by atoms with E-state index in [1.165, 1.54) is 0 Å². The van der Waals surface area contributed by atoms with Crippen molar-refractivity contribution in [3.63, 3.8) is 0 Å². The minimum Gasteiger partial charge on any atom is -0.468 e. The van der Waals surface area contributed by atoms with Gasteiger partial charge in [0.2, 0.25) is 0 Å². The van der Waals surface area contributed by atoms with E-state index in [-0.39, 0.29) is 13.6 Å². The fourth-order valence-electron chi connectivity index (χ4n) is 1.53. The van der Waals surface area contributed by atoms with E-state index in [4.69, 9.17) is 19.7 Å². The second kappa shape index (κ2) is 4.83. The highest BCUT2D eigenvalue weighted by molar-refractivity contribution is 5.85. The van der Waals surface area contributed by atoms with Crippen LogP contribution in [-0.2, 0) is 0 Å². The van der Waals surface area contributed by atoms with E-state index >= 15 is 0 Å². The first-order valence-electron chi connectivity index (χ1n) is 4.84. The molecule has 2 rings (SSSR count). The van der Waals surface area contributed by atoms with Crippen LogP contribution in [0.15, 0.2) is 36.4 Å². The highest BCUT2D eigenvalue weighted by Gasteiger charge is 1.99. The van der Waals surface area contributed by atoms with Gasteiger partial charge in [0.1, 0.15) is 11.5 Å². The predicted octanol–water partition coefficient (Wildman–Crippen LogP) is 1.50. The molecule has 84 valence electrons. The number of hydrogen-bond acceptors (Lipinski definition) is 4. The molecule has 0 fully saturated rings. The summed E-state index contributed by atoms with van der Waals surface area (Å²) in [5.74, 6) is 1.23. The van der Waals surface area contributed by atoms with Crippen LogP contribution in [0.5, 0.6) is 11.5 Å². The van der Waals surface area contributed by atoms with Gasteiger partial charge in [-0.05, 0) is 35.0 Å². The Hall–Kier alpha value is -1.78. The van der Waals surface area contributed by atoms with Gasteiger partial charge in [-0.3, -0.25) is 0 Å². The molecule has 2 aromatic carbocycles. The molecule has 0 heterocycles. The van der Waals surface area contributed by atoms with E-state index in [0.29, 0.717) is 11.5 Å². The Morgan fingerprint density at radius 1 is 0.750 bits per heavy atom. The molecule has 0 aromatic heterocycles. The van der Waals surface area contributed by atoms with Crippen LogP contribution in [0.1, 0.15) is 0 Å². The van der Waals surface area contributed by atoms with E-state index in [9.17, 15) is 0 Å². The van der Waals surface area contributed by atoms with Crippen LogP contribution in [-0.4, -0.2) is 23.8 Å². The maximum Gasteiger partial charge on any atom is 0.186 e. The smallest absolute Gasteiger partial charge is 0.186 e. The Labute approximate surface area is 92.7 Å². The molecule has 0 spiro atoms. The molecular weight excluding hydrogens is 208 g/mol. The highest BCUT2D eigenvalue weighted by atomic mass is 16.6. The summed E-state index contributed by atoms with van der Waals surface area (Å²) >= 11 is 0. The van der Waals surface area contributed by atoms with E-state index in [2.05, 4.69) is 0 Å². The maximum atomic E-state index is 8.64. The fraction of sp³-hybridized carbons (Fsp3) is 0.167. The lowest BCUT2D eigenvalue weighted by Crippen LogP contribution is -1.95. The summed E-state index contributed by atoms with van der Waals surface area (Å²) in [6.07, 6.45) is 0. The Morgan fingerprint density at radius 2 is 1.19 bits per heavy atom. The van der Waals surface area contributed by atoms with Crippen molar-refractivity contribution >= 4 is 10.8 Å². The fourth-order valence-corrected chi connectivity index (χ4v) is 1.53. The molecular formula is C12H12O4. The summed E-state index contributed by atoms with van der Waals surface area (Å²) < 4.78 is 9.95. The molecule has 2 N–H and O–H groups in total. The van der Waals surface area contributed by atoms with Crippen molar-refractivity contribution in [3.8, 4) is 11.5 Å². The van der Waals surface area contributed by atoms with Crippen molar-refractivity contribution in [2.75, 3.05) is 13.6 Å². The molecule has 0 aliphatic heterocycles. The van der Waals surface area contributed by atoms with Crippen molar-refractivity contribution in [3.05, 3.63) is 36.4 Å². The number of rotatable bonds is 4. The lowest BCUT2D eigenvalue weighted by molar-refractivity contribution is 0.0980. The van der Waals surface area contributed by atoms with Gasteiger partial charge in [0.25, 0.3) is 0 Å². The molecule has 0 aliphatic rings. The maximum absolute atomic E-state index is 8.64. The van der Waals surface area contributed by atoms with Crippen molar-refractivity contribution < 1.29 is 19.7 Å². The topological polar surface area (TPSA) is 58.9 Å². The molecule has 16 heavy (non-hydrogen) atoms. The van der Waals surface area contributed by atoms with Gasteiger partial charge in [-0.2, -0.15) is 0 Å². The van der Waals surface area contributed by atoms with Crippen LogP contribution in [0.25, 0.3) is 10.8 Å². The molecule has 0 saturated carbocycles. The number of hydrogen-bond donors (Lipinski definition) is 2. The average molecular weight is 220 g/mol. The molecule has 0 aliphatic carbocycles. The zero-order valence-electron chi connectivity index (χ0n) is 8.59. The van der Waals surface area contributed by atoms with Gasteiger partial charge in [0, 0.05) is 0 Å². The Kier molecular flexibility index (Phi) is 3.24. The summed E-state index contributed by atoms with van der Waals surface area (Å²) in [7, 11) is 0. The molecule has 0 amide bonds. The number of benzene rings is 2. The first-order valence-corrected chi connectivity index (χ1v) is 4.84. The zero-order chi connectivity index (χ0) is 11.4. The lowest BCUT2D eigenvalue weighted by Gasteiger charge is -2.06. The van der Waals surface area contributed by atoms with Crippen molar-refractivity contribution in [2.24, 2.45) is 0 Å². The van der Waals surface area contributed by atoms with Gasteiger partial charge in [-0.25, -0.2) is 0 Å². The van der Waals surface area contributed by atoms with E-state index in [1.807, 2.05) is 24.3 Å². The molecule has 0 atom stereocenters. The summed E-state index contributed by atoms with van der Waals surface area (Å²) in [5, 5.41) is 19.2. The summed E-state index contributed by atoms with van der Waals surface area (Å²) in [6.45, 7) is -0.672. The molecule has 4 heteroatoms. The standard InChI is InChI=1S/C12H12O4/c13-7-15-11-3-1-9-5-12(16-8-14)4-2-10(9)6-11/h1-6,13-14H,7-8H2. The number of aliphatic hydroxyl groups excluding tert-OH is 2. The molecule has 2 aromatic rings. The van der Waals surface area contributed by atoms with E-state index in [1.54, 1.807) is 12.1 Å². The quantitative estimate of drug-likeness (QED) is 0.766. The van der Waals surface area contributed by atoms with E-state index in [0.717, 1.165) is 10.8 Å². The third kappa shape index (κ3) is 2.24. The normalized spacial score (nSPS) is 10.4. The molecule has 0 unspecified atom stereocenters. The Morgan fingerprint density at radius 3 is 1.56 bits per heavy atom. The molecule has 4 nitrogen and oxygen atoms in total. The molecule has 0 bridgehead atoms. The van der Waals surface area contributed by atoms with Crippen LogP contribution in [0.4, 0.5) is 0 Å². The van der Waals surface area contributed by atoms with Crippen molar-refractivity contribution in [1.29, 1.82) is 0 Å². The van der Waals surface area contributed by atoms with Crippen LogP contribution >= 0.6 is 0 Å². The molecule has 0 saturated heterocycles. The van der Waals surface area contributed by atoms with Crippen LogP contribution in [0.3, 0.4) is 0 Å². The summed E-state index contributed by atoms with van der Waals surface area (Å²) in [4.78, 5) is 0. The minimum atomic E-state index is -0.336. The van der Waals surface area contributed by atoms with Gasteiger partial charge < -0.3 is 19.7 Å². The van der Waals surface area contributed by atoms with Crippen molar-refractivity contribution in [1.82, 2.24) is 0 Å². The van der Waals surface area contributed by atoms with Gasteiger partial charge in [0.15, 0.2) is 13.6 Å². The van der Waals surface area contributed by atoms with Crippen molar-refractivity contribution in [2.45, 2.75) is 0 Å². The highest BCUT2D eigenvalue weighted by Crippen LogP contribution is 2.24. The SMILES string of the molecule is OCOc1ccc2cc(OCO)ccc2c1. The van der Waals surface area contributed by atoms with Gasteiger partial charge in [0.05, 0.1) is 0 Å². The van der Waals surface area contributed by atoms with Gasteiger partial charge >= 0.3 is 0 Å². The van der Waals surface area contributed by atoms with Crippen LogP contribution in [0.2, 0.25) is 0 Å². The number of aliphatic hydroxyl groups is 2. The number of ether oxygens (including phenoxy) is 2. The van der Waals surface area contributed by atoms with Crippen LogP contribution in [0, 0.1) is 0 Å². The lowest BCUT2D eigenvalue weighted by atomic mass is 10.1. The average Bonchev–Trinajstić information content (AvgIpc) is 2.30. The summed E-state index contributed by atoms with van der Waals surface area (Å²) in [6, 6.07) is 10.9. The number of fused-ring (bicyclic) bond motifs is 1. The third-order valence-corrected chi connectivity index (χ3v) is 2.25. The predicted molar refractivity (Wildman–Crippen MR) is 59.4 cm³/mol. The van der Waals surface area contributed by atoms with Gasteiger partial charge in [-0.15, -0.1) is 0 Å². The summed E-state index contributed by atoms with van der Waals surface area (Å²) in [5.41, 5.74) is 0. The van der Waals surface area contributed by atoms with Gasteiger partial charge in [-0.1, -0.05) is 12.1 Å². The zero-order valence-corrected chi connectivity index (χ0v) is 8.59. The first kappa shape index (κ1) is 10.7.